The van der Waals surface area contributed by atoms with Gasteiger partial charge in [0.05, 0.1) is 26.0 Å². The summed E-state index contributed by atoms with van der Waals surface area (Å²) in [6, 6.07) is 10.2. The van der Waals surface area contributed by atoms with E-state index in [4.69, 9.17) is 18.9 Å². The van der Waals surface area contributed by atoms with Crippen LogP contribution in [0, 0.1) is 0 Å². The molecule has 0 aliphatic carbocycles. The Bertz CT molecular complexity index is 944. The lowest BCUT2D eigenvalue weighted by molar-refractivity contribution is -0.120. The van der Waals surface area contributed by atoms with Gasteiger partial charge >= 0.3 is 0 Å². The third kappa shape index (κ3) is 5.40. The van der Waals surface area contributed by atoms with Gasteiger partial charge in [-0.05, 0) is 55.8 Å². The molecule has 3 rings (SSSR count). The zero-order chi connectivity index (χ0) is 21.3. The number of nitrogens with zero attached hydrogens (tertiary/aromatic N) is 1. The highest BCUT2D eigenvalue weighted by Crippen LogP contribution is 2.32. The highest BCUT2D eigenvalue weighted by atomic mass is 16.7. The first-order chi connectivity index (χ1) is 14.6. The summed E-state index contributed by atoms with van der Waals surface area (Å²) in [5.74, 6) is 1.47. The summed E-state index contributed by atoms with van der Waals surface area (Å²) >= 11 is 0. The standard InChI is InChI=1S/C21H23N3O6/c1-3-27-16-7-5-14(9-18(16)28-4-2)11-23-24-20(25)12-22-21(26)15-6-8-17-19(10-15)30-13-29-17/h5-11H,3-4,12-13H2,1-2H3,(H,22,26)(H,24,25)/b23-11-. The average molecular weight is 413 g/mol. The van der Waals surface area contributed by atoms with Crippen LogP contribution in [-0.4, -0.2) is 44.6 Å². The van der Waals surface area contributed by atoms with Gasteiger partial charge in [-0.25, -0.2) is 5.43 Å². The van der Waals surface area contributed by atoms with E-state index in [0.717, 1.165) is 5.56 Å². The van der Waals surface area contributed by atoms with E-state index in [1.54, 1.807) is 36.4 Å². The summed E-state index contributed by atoms with van der Waals surface area (Å²) in [4.78, 5) is 24.1. The predicted molar refractivity (Wildman–Crippen MR) is 109 cm³/mol. The van der Waals surface area contributed by atoms with Crippen LogP contribution in [0.3, 0.4) is 0 Å². The highest BCUT2D eigenvalue weighted by Gasteiger charge is 2.16. The summed E-state index contributed by atoms with van der Waals surface area (Å²) in [5, 5.41) is 6.44. The van der Waals surface area contributed by atoms with E-state index < -0.39 is 11.8 Å². The molecule has 1 aliphatic rings. The van der Waals surface area contributed by atoms with Crippen LogP contribution in [0.4, 0.5) is 0 Å². The Morgan fingerprint density at radius 1 is 1.03 bits per heavy atom. The molecule has 0 fully saturated rings. The van der Waals surface area contributed by atoms with Crippen molar-refractivity contribution >= 4 is 18.0 Å². The van der Waals surface area contributed by atoms with Crippen LogP contribution in [0.1, 0.15) is 29.8 Å². The zero-order valence-corrected chi connectivity index (χ0v) is 16.8. The first-order valence-electron chi connectivity index (χ1n) is 9.50. The summed E-state index contributed by atoms with van der Waals surface area (Å²) in [7, 11) is 0. The van der Waals surface area contributed by atoms with Crippen molar-refractivity contribution in [2.75, 3.05) is 26.6 Å². The molecule has 9 nitrogen and oxygen atoms in total. The number of amides is 2. The number of hydrogen-bond donors (Lipinski definition) is 2. The molecule has 0 saturated carbocycles. The third-order valence-corrected chi connectivity index (χ3v) is 4.01. The molecule has 0 unspecified atom stereocenters. The van der Waals surface area contributed by atoms with E-state index in [1.807, 2.05) is 13.8 Å². The lowest BCUT2D eigenvalue weighted by Gasteiger charge is -2.11. The molecule has 2 amide bonds. The second kappa shape index (κ2) is 10.1. The quantitative estimate of drug-likeness (QED) is 0.482. The van der Waals surface area contributed by atoms with Crippen molar-refractivity contribution in [3.8, 4) is 23.0 Å². The SMILES string of the molecule is CCOc1ccc(/C=N\NC(=O)CNC(=O)c2ccc3c(c2)OCO3)cc1OCC. The summed E-state index contributed by atoms with van der Waals surface area (Å²) < 4.78 is 21.5. The van der Waals surface area contributed by atoms with Crippen LogP contribution in [0.2, 0.25) is 0 Å². The topological polar surface area (TPSA) is 107 Å². The Morgan fingerprint density at radius 2 is 1.80 bits per heavy atom. The summed E-state index contributed by atoms with van der Waals surface area (Å²) in [6.07, 6.45) is 1.48. The fourth-order valence-corrected chi connectivity index (χ4v) is 2.67. The zero-order valence-electron chi connectivity index (χ0n) is 16.8. The molecule has 0 atom stereocenters. The maximum Gasteiger partial charge on any atom is 0.259 e. The molecule has 2 aromatic carbocycles. The molecule has 1 aliphatic heterocycles. The molecule has 2 N–H and O–H groups in total. The van der Waals surface area contributed by atoms with Crippen molar-refractivity contribution in [2.45, 2.75) is 13.8 Å². The molecule has 2 aromatic rings. The van der Waals surface area contributed by atoms with Gasteiger partial charge in [-0.1, -0.05) is 0 Å². The number of benzene rings is 2. The van der Waals surface area contributed by atoms with Gasteiger partial charge in [-0.3, -0.25) is 9.59 Å². The van der Waals surface area contributed by atoms with Crippen molar-refractivity contribution in [1.29, 1.82) is 0 Å². The van der Waals surface area contributed by atoms with Gasteiger partial charge in [0.25, 0.3) is 11.8 Å². The largest absolute Gasteiger partial charge is 0.490 e. The molecule has 1 heterocycles. The maximum absolute atomic E-state index is 12.2. The predicted octanol–water partition coefficient (Wildman–Crippen LogP) is 2.09. The van der Waals surface area contributed by atoms with E-state index in [0.29, 0.717) is 41.8 Å². The monoisotopic (exact) mass is 413 g/mol. The van der Waals surface area contributed by atoms with Crippen LogP contribution >= 0.6 is 0 Å². The van der Waals surface area contributed by atoms with Gasteiger partial charge in [0.15, 0.2) is 23.0 Å². The molecule has 9 heteroatoms. The lowest BCUT2D eigenvalue weighted by Crippen LogP contribution is -2.34. The highest BCUT2D eigenvalue weighted by molar-refractivity contribution is 5.97. The van der Waals surface area contributed by atoms with Crippen LogP contribution in [-0.2, 0) is 4.79 Å². The van der Waals surface area contributed by atoms with Crippen LogP contribution in [0.25, 0.3) is 0 Å². The minimum Gasteiger partial charge on any atom is -0.490 e. The second-order valence-corrected chi connectivity index (χ2v) is 6.12. The van der Waals surface area contributed by atoms with Gasteiger partial charge in [0, 0.05) is 5.56 Å². The van der Waals surface area contributed by atoms with Crippen LogP contribution in [0.5, 0.6) is 23.0 Å². The van der Waals surface area contributed by atoms with E-state index in [-0.39, 0.29) is 13.3 Å². The van der Waals surface area contributed by atoms with Gasteiger partial charge in [0.2, 0.25) is 6.79 Å². The number of carbonyl (C=O) groups excluding carboxylic acids is 2. The van der Waals surface area contributed by atoms with Gasteiger partial charge in [-0.15, -0.1) is 0 Å². The van der Waals surface area contributed by atoms with Crippen molar-refractivity contribution in [2.24, 2.45) is 5.10 Å². The molecule has 0 spiro atoms. The number of rotatable bonds is 9. The molecule has 0 radical (unpaired) electrons. The number of ether oxygens (including phenoxy) is 4. The molecule has 158 valence electrons. The van der Waals surface area contributed by atoms with Crippen LogP contribution < -0.4 is 29.7 Å². The first-order valence-corrected chi connectivity index (χ1v) is 9.50. The van der Waals surface area contributed by atoms with E-state index >= 15 is 0 Å². The van der Waals surface area contributed by atoms with Crippen molar-refractivity contribution < 1.29 is 28.5 Å². The van der Waals surface area contributed by atoms with Crippen molar-refractivity contribution in [3.05, 3.63) is 47.5 Å². The number of hydrazone groups is 1. The average Bonchev–Trinajstić information content (AvgIpc) is 3.22. The Balaban J connectivity index is 1.50. The Hall–Kier alpha value is -3.75. The fraction of sp³-hybridized carbons (Fsp3) is 0.286. The number of nitrogens with one attached hydrogen (secondary N) is 2. The van der Waals surface area contributed by atoms with Gasteiger partial charge in [-0.2, -0.15) is 5.10 Å². The smallest absolute Gasteiger partial charge is 0.259 e. The Labute approximate surface area is 174 Å². The molecule has 30 heavy (non-hydrogen) atoms. The van der Waals surface area contributed by atoms with E-state index in [9.17, 15) is 9.59 Å². The number of fused-ring (bicyclic) bond motifs is 1. The van der Waals surface area contributed by atoms with E-state index in [1.165, 1.54) is 6.21 Å². The molecular weight excluding hydrogens is 390 g/mol. The van der Waals surface area contributed by atoms with E-state index in [2.05, 4.69) is 15.8 Å². The minimum absolute atomic E-state index is 0.126. The first kappa shape index (κ1) is 21.0. The lowest BCUT2D eigenvalue weighted by atomic mass is 10.2. The molecule has 0 saturated heterocycles. The third-order valence-electron chi connectivity index (χ3n) is 4.01. The van der Waals surface area contributed by atoms with Crippen molar-refractivity contribution in [3.63, 3.8) is 0 Å². The summed E-state index contributed by atoms with van der Waals surface area (Å²) in [6.45, 7) is 4.71. The second-order valence-electron chi connectivity index (χ2n) is 6.12. The molecule has 0 aromatic heterocycles. The minimum atomic E-state index is -0.462. The summed E-state index contributed by atoms with van der Waals surface area (Å²) in [5.41, 5.74) is 3.47. The van der Waals surface area contributed by atoms with Gasteiger partial charge < -0.3 is 24.3 Å². The number of carbonyl (C=O) groups is 2. The fourth-order valence-electron chi connectivity index (χ4n) is 2.67. The van der Waals surface area contributed by atoms with Gasteiger partial charge in [0.1, 0.15) is 0 Å². The van der Waals surface area contributed by atoms with Crippen molar-refractivity contribution in [1.82, 2.24) is 10.7 Å². The Kier molecular flexibility index (Phi) is 7.09. The van der Waals surface area contributed by atoms with Crippen LogP contribution in [0.15, 0.2) is 41.5 Å². The number of hydrogen-bond acceptors (Lipinski definition) is 7. The molecule has 0 bridgehead atoms. The Morgan fingerprint density at radius 3 is 2.60 bits per heavy atom. The normalized spacial score (nSPS) is 11.9. The maximum atomic E-state index is 12.2. The molecular formula is C21H23N3O6.